The van der Waals surface area contributed by atoms with Crippen molar-refractivity contribution in [1.82, 2.24) is 14.8 Å². The Balaban J connectivity index is 2.25. The van der Waals surface area contributed by atoms with Crippen LogP contribution >= 0.6 is 15.9 Å². The first kappa shape index (κ1) is 12.9. The summed E-state index contributed by atoms with van der Waals surface area (Å²) in [5, 5.41) is 4.54. The number of anilines is 1. The molecule has 0 atom stereocenters. The van der Waals surface area contributed by atoms with E-state index in [1.54, 1.807) is 17.1 Å². The standard InChI is InChI=1S/C15H13BrN4/c1-20-15(17)13(11-5-3-7-18-9-11)14(19-20)10-4-2-6-12(16)8-10/h2-9H,17H2,1H3. The summed E-state index contributed by atoms with van der Waals surface area (Å²) in [6, 6.07) is 11.9. The normalized spacial score (nSPS) is 10.7. The van der Waals surface area contributed by atoms with Gasteiger partial charge in [0.25, 0.3) is 0 Å². The van der Waals surface area contributed by atoms with Crippen LogP contribution in [-0.4, -0.2) is 14.8 Å². The van der Waals surface area contributed by atoms with Crippen LogP contribution in [0.4, 0.5) is 5.82 Å². The van der Waals surface area contributed by atoms with Crippen molar-refractivity contribution in [3.8, 4) is 22.4 Å². The van der Waals surface area contributed by atoms with Crippen LogP contribution < -0.4 is 5.73 Å². The summed E-state index contributed by atoms with van der Waals surface area (Å²) in [7, 11) is 1.84. The molecular formula is C15H13BrN4. The summed E-state index contributed by atoms with van der Waals surface area (Å²) >= 11 is 3.49. The molecule has 0 aliphatic heterocycles. The van der Waals surface area contributed by atoms with E-state index in [0.29, 0.717) is 5.82 Å². The van der Waals surface area contributed by atoms with E-state index in [0.717, 1.165) is 26.9 Å². The molecule has 20 heavy (non-hydrogen) atoms. The molecule has 0 aliphatic rings. The molecule has 0 aliphatic carbocycles. The van der Waals surface area contributed by atoms with Crippen molar-refractivity contribution in [2.24, 2.45) is 7.05 Å². The van der Waals surface area contributed by atoms with Gasteiger partial charge in [-0.15, -0.1) is 0 Å². The molecule has 5 heteroatoms. The summed E-state index contributed by atoms with van der Waals surface area (Å²) in [5.74, 6) is 0.632. The van der Waals surface area contributed by atoms with Crippen molar-refractivity contribution in [3.05, 3.63) is 53.3 Å². The molecule has 0 fully saturated rings. The van der Waals surface area contributed by atoms with Gasteiger partial charge in [0.1, 0.15) is 11.5 Å². The average molecular weight is 329 g/mol. The van der Waals surface area contributed by atoms with E-state index >= 15 is 0 Å². The lowest BCUT2D eigenvalue weighted by Gasteiger charge is -2.04. The van der Waals surface area contributed by atoms with Crippen LogP contribution in [0.15, 0.2) is 53.3 Å². The third-order valence-electron chi connectivity index (χ3n) is 3.14. The number of pyridine rings is 1. The highest BCUT2D eigenvalue weighted by Gasteiger charge is 2.17. The summed E-state index contributed by atoms with van der Waals surface area (Å²) in [6.45, 7) is 0. The highest BCUT2D eigenvalue weighted by molar-refractivity contribution is 9.10. The smallest absolute Gasteiger partial charge is 0.129 e. The summed E-state index contributed by atoms with van der Waals surface area (Å²) < 4.78 is 2.70. The van der Waals surface area contributed by atoms with Crippen molar-refractivity contribution in [2.75, 3.05) is 5.73 Å². The first-order chi connectivity index (χ1) is 9.66. The van der Waals surface area contributed by atoms with Crippen molar-refractivity contribution in [3.63, 3.8) is 0 Å². The molecule has 1 aromatic carbocycles. The molecule has 2 aromatic heterocycles. The minimum atomic E-state index is 0.632. The number of aromatic nitrogens is 3. The Morgan fingerprint density at radius 2 is 1.95 bits per heavy atom. The van der Waals surface area contributed by atoms with Crippen LogP contribution in [0.25, 0.3) is 22.4 Å². The first-order valence-corrected chi connectivity index (χ1v) is 6.95. The van der Waals surface area contributed by atoms with Gasteiger partial charge in [-0.05, 0) is 18.2 Å². The Hall–Kier alpha value is -2.14. The Morgan fingerprint density at radius 1 is 1.15 bits per heavy atom. The molecule has 0 amide bonds. The molecule has 2 N–H and O–H groups in total. The van der Waals surface area contributed by atoms with Gasteiger partial charge >= 0.3 is 0 Å². The van der Waals surface area contributed by atoms with Crippen LogP contribution in [0.5, 0.6) is 0 Å². The fourth-order valence-corrected chi connectivity index (χ4v) is 2.57. The first-order valence-electron chi connectivity index (χ1n) is 6.15. The van der Waals surface area contributed by atoms with Crippen LogP contribution in [0, 0.1) is 0 Å². The van der Waals surface area contributed by atoms with Gasteiger partial charge in [0.2, 0.25) is 0 Å². The predicted molar refractivity (Wildman–Crippen MR) is 84.0 cm³/mol. The molecule has 3 rings (SSSR count). The monoisotopic (exact) mass is 328 g/mol. The largest absolute Gasteiger partial charge is 0.383 e. The number of benzene rings is 1. The fourth-order valence-electron chi connectivity index (χ4n) is 2.17. The summed E-state index contributed by atoms with van der Waals surface area (Å²) in [4.78, 5) is 4.16. The SMILES string of the molecule is Cn1nc(-c2cccc(Br)c2)c(-c2cccnc2)c1N. The number of nitrogens with zero attached hydrogens (tertiary/aromatic N) is 3. The van der Waals surface area contributed by atoms with Gasteiger partial charge in [0.05, 0.1) is 5.56 Å². The average Bonchev–Trinajstić information content (AvgIpc) is 2.76. The Kier molecular flexibility index (Phi) is 3.28. The number of nitrogen functional groups attached to an aromatic ring is 1. The third kappa shape index (κ3) is 2.20. The van der Waals surface area contributed by atoms with E-state index in [1.807, 2.05) is 43.4 Å². The van der Waals surface area contributed by atoms with Gasteiger partial charge in [0.15, 0.2) is 0 Å². The number of rotatable bonds is 2. The maximum absolute atomic E-state index is 6.17. The maximum atomic E-state index is 6.17. The van der Waals surface area contributed by atoms with Gasteiger partial charge in [-0.25, -0.2) is 0 Å². The molecule has 4 nitrogen and oxygen atoms in total. The van der Waals surface area contributed by atoms with Crippen LogP contribution in [0.2, 0.25) is 0 Å². The zero-order chi connectivity index (χ0) is 14.1. The highest BCUT2D eigenvalue weighted by atomic mass is 79.9. The Morgan fingerprint density at radius 3 is 2.65 bits per heavy atom. The van der Waals surface area contributed by atoms with Crippen LogP contribution in [-0.2, 0) is 7.05 Å². The van der Waals surface area contributed by atoms with E-state index in [1.165, 1.54) is 0 Å². The van der Waals surface area contributed by atoms with Crippen LogP contribution in [0.3, 0.4) is 0 Å². The molecule has 0 spiro atoms. The molecule has 0 saturated carbocycles. The highest BCUT2D eigenvalue weighted by Crippen LogP contribution is 2.36. The summed E-state index contributed by atoms with van der Waals surface area (Å²) in [5.41, 5.74) is 9.93. The minimum absolute atomic E-state index is 0.632. The van der Waals surface area contributed by atoms with Crippen LogP contribution in [0.1, 0.15) is 0 Å². The Labute approximate surface area is 125 Å². The molecule has 0 bridgehead atoms. The second-order valence-electron chi connectivity index (χ2n) is 4.48. The van der Waals surface area contributed by atoms with Crippen molar-refractivity contribution in [1.29, 1.82) is 0 Å². The third-order valence-corrected chi connectivity index (χ3v) is 3.63. The Bertz CT molecular complexity index is 750. The van der Waals surface area contributed by atoms with E-state index in [2.05, 4.69) is 26.0 Å². The minimum Gasteiger partial charge on any atom is -0.383 e. The van der Waals surface area contributed by atoms with E-state index in [9.17, 15) is 0 Å². The van der Waals surface area contributed by atoms with Crippen molar-refractivity contribution in [2.45, 2.75) is 0 Å². The summed E-state index contributed by atoms with van der Waals surface area (Å²) in [6.07, 6.45) is 3.55. The lowest BCUT2D eigenvalue weighted by molar-refractivity contribution is 0.782. The molecule has 100 valence electrons. The van der Waals surface area contributed by atoms with E-state index in [-0.39, 0.29) is 0 Å². The lowest BCUT2D eigenvalue weighted by Crippen LogP contribution is -1.98. The van der Waals surface area contributed by atoms with E-state index < -0.39 is 0 Å². The molecule has 0 unspecified atom stereocenters. The molecule has 3 aromatic rings. The zero-order valence-electron chi connectivity index (χ0n) is 10.9. The van der Waals surface area contributed by atoms with Gasteiger partial charge in [0, 0.05) is 35.0 Å². The van der Waals surface area contributed by atoms with Gasteiger partial charge in [-0.2, -0.15) is 5.10 Å². The maximum Gasteiger partial charge on any atom is 0.129 e. The second-order valence-corrected chi connectivity index (χ2v) is 5.40. The zero-order valence-corrected chi connectivity index (χ0v) is 12.5. The van der Waals surface area contributed by atoms with Gasteiger partial charge in [-0.1, -0.05) is 34.1 Å². The quantitative estimate of drug-likeness (QED) is 0.783. The van der Waals surface area contributed by atoms with Crippen molar-refractivity contribution < 1.29 is 0 Å². The molecule has 0 radical (unpaired) electrons. The predicted octanol–water partition coefficient (Wildman–Crippen LogP) is 3.49. The number of hydrogen-bond acceptors (Lipinski definition) is 3. The molecule has 2 heterocycles. The van der Waals surface area contributed by atoms with Gasteiger partial charge < -0.3 is 5.73 Å². The second kappa shape index (κ2) is 5.09. The molecule has 0 saturated heterocycles. The van der Waals surface area contributed by atoms with Gasteiger partial charge in [-0.3, -0.25) is 9.67 Å². The lowest BCUT2D eigenvalue weighted by atomic mass is 10.0. The topological polar surface area (TPSA) is 56.7 Å². The number of hydrogen-bond donors (Lipinski definition) is 1. The van der Waals surface area contributed by atoms with Crippen molar-refractivity contribution >= 4 is 21.7 Å². The number of halogens is 1. The number of aryl methyl sites for hydroxylation is 1. The molecular weight excluding hydrogens is 316 g/mol. The van der Waals surface area contributed by atoms with E-state index in [4.69, 9.17) is 5.73 Å². The fraction of sp³-hybridized carbons (Fsp3) is 0.0667. The number of nitrogens with two attached hydrogens (primary N) is 1.